The Kier molecular flexibility index (Phi) is 8.75. The summed E-state index contributed by atoms with van der Waals surface area (Å²) in [7, 11) is 1.58. The number of aliphatic imine (C=N–C) groups is 1. The fourth-order valence-corrected chi connectivity index (χ4v) is 5.41. The van der Waals surface area contributed by atoms with Crippen molar-refractivity contribution >= 4 is 57.9 Å². The standard InChI is InChI=1S/C32H21Cl2IN2O3/c1-38-28-15-20(14-27(35)31(28)39-19-23-12-13-24(33)16-26(23)34)18-37-32-25(17-36)29(21-8-4-2-5-9-21)30(40-32)22-10-6-3-7-11-22/h2-16,18H,19H2,1H3. The van der Waals surface area contributed by atoms with Crippen LogP contribution in [-0.2, 0) is 6.61 Å². The van der Waals surface area contributed by atoms with E-state index in [0.717, 1.165) is 25.8 Å². The van der Waals surface area contributed by atoms with Gasteiger partial charge in [-0.25, -0.2) is 4.99 Å². The number of hydrogen-bond acceptors (Lipinski definition) is 5. The van der Waals surface area contributed by atoms with E-state index in [9.17, 15) is 5.26 Å². The lowest BCUT2D eigenvalue weighted by Gasteiger charge is -2.14. The minimum absolute atomic E-state index is 0.229. The molecule has 0 amide bonds. The van der Waals surface area contributed by atoms with Crippen LogP contribution in [0.15, 0.2) is 100 Å². The molecule has 0 aliphatic rings. The lowest BCUT2D eigenvalue weighted by molar-refractivity contribution is 0.282. The first-order chi connectivity index (χ1) is 19.5. The maximum absolute atomic E-state index is 10.1. The van der Waals surface area contributed by atoms with Gasteiger partial charge >= 0.3 is 0 Å². The lowest BCUT2D eigenvalue weighted by Crippen LogP contribution is -2.01. The molecule has 5 rings (SSSR count). The van der Waals surface area contributed by atoms with Crippen molar-refractivity contribution in [2.75, 3.05) is 7.11 Å². The molecule has 0 radical (unpaired) electrons. The van der Waals surface area contributed by atoms with Crippen molar-refractivity contribution in [1.82, 2.24) is 0 Å². The zero-order valence-electron chi connectivity index (χ0n) is 21.2. The van der Waals surface area contributed by atoms with Crippen molar-refractivity contribution in [1.29, 1.82) is 5.26 Å². The molecule has 4 aromatic carbocycles. The smallest absolute Gasteiger partial charge is 0.238 e. The molecule has 198 valence electrons. The molecular formula is C32H21Cl2IN2O3. The third-order valence-electron chi connectivity index (χ3n) is 6.07. The van der Waals surface area contributed by atoms with Crippen molar-refractivity contribution in [3.05, 3.63) is 121 Å². The van der Waals surface area contributed by atoms with Crippen LogP contribution in [0.2, 0.25) is 10.0 Å². The topological polar surface area (TPSA) is 67.8 Å². The van der Waals surface area contributed by atoms with Gasteiger partial charge in [-0.15, -0.1) is 0 Å². The number of methoxy groups -OCH3 is 1. The van der Waals surface area contributed by atoms with E-state index in [-0.39, 0.29) is 12.5 Å². The predicted octanol–water partition coefficient (Wildman–Crippen LogP) is 9.73. The minimum Gasteiger partial charge on any atom is -0.493 e. The van der Waals surface area contributed by atoms with Gasteiger partial charge in [-0.2, -0.15) is 5.26 Å². The Labute approximate surface area is 255 Å². The zero-order valence-corrected chi connectivity index (χ0v) is 24.9. The van der Waals surface area contributed by atoms with Gasteiger partial charge in [0.15, 0.2) is 11.5 Å². The fourth-order valence-electron chi connectivity index (χ4n) is 4.16. The van der Waals surface area contributed by atoms with Crippen molar-refractivity contribution in [2.24, 2.45) is 4.99 Å². The molecule has 8 heteroatoms. The number of ether oxygens (including phenoxy) is 2. The Morgan fingerprint density at radius 1 is 0.950 bits per heavy atom. The second-order valence-electron chi connectivity index (χ2n) is 8.65. The molecule has 0 aliphatic carbocycles. The SMILES string of the molecule is COc1cc(C=Nc2oc(-c3ccccc3)c(-c3ccccc3)c2C#N)cc(I)c1OCc1ccc(Cl)cc1Cl. The van der Waals surface area contributed by atoms with Gasteiger partial charge in [0.2, 0.25) is 5.88 Å². The number of nitrogens with zero attached hydrogens (tertiary/aromatic N) is 2. The van der Waals surface area contributed by atoms with Crippen LogP contribution >= 0.6 is 45.8 Å². The molecule has 0 spiro atoms. The molecule has 0 saturated carbocycles. The average Bonchev–Trinajstić information content (AvgIpc) is 3.35. The van der Waals surface area contributed by atoms with Crippen LogP contribution in [0.5, 0.6) is 11.5 Å². The summed E-state index contributed by atoms with van der Waals surface area (Å²) in [5.74, 6) is 1.94. The van der Waals surface area contributed by atoms with Crippen molar-refractivity contribution in [2.45, 2.75) is 6.61 Å². The first kappa shape index (κ1) is 27.8. The van der Waals surface area contributed by atoms with Gasteiger partial charge in [-0.3, -0.25) is 0 Å². The molecule has 0 fully saturated rings. The predicted molar refractivity (Wildman–Crippen MR) is 168 cm³/mol. The Morgan fingerprint density at radius 3 is 2.30 bits per heavy atom. The first-order valence-corrected chi connectivity index (χ1v) is 14.0. The van der Waals surface area contributed by atoms with Crippen LogP contribution in [0.4, 0.5) is 5.88 Å². The second-order valence-corrected chi connectivity index (χ2v) is 10.7. The largest absolute Gasteiger partial charge is 0.493 e. The summed E-state index contributed by atoms with van der Waals surface area (Å²) in [5, 5.41) is 11.2. The molecule has 5 aromatic rings. The number of halogens is 3. The summed E-state index contributed by atoms with van der Waals surface area (Å²) in [5.41, 5.74) is 4.36. The zero-order chi connectivity index (χ0) is 28.1. The van der Waals surface area contributed by atoms with E-state index in [4.69, 9.17) is 37.1 Å². The molecule has 0 saturated heterocycles. The third-order valence-corrected chi connectivity index (χ3v) is 7.46. The van der Waals surface area contributed by atoms with Gasteiger partial charge in [-0.05, 0) is 58.0 Å². The van der Waals surface area contributed by atoms with E-state index in [1.54, 1.807) is 25.5 Å². The number of benzene rings is 4. The molecule has 5 nitrogen and oxygen atoms in total. The van der Waals surface area contributed by atoms with E-state index in [1.807, 2.05) is 78.9 Å². The normalized spacial score (nSPS) is 11.0. The Balaban J connectivity index is 1.49. The quantitative estimate of drug-likeness (QED) is 0.121. The molecule has 0 unspecified atom stereocenters. The van der Waals surface area contributed by atoms with Crippen LogP contribution in [0.1, 0.15) is 16.7 Å². The van der Waals surface area contributed by atoms with Gasteiger partial charge in [0.1, 0.15) is 24.0 Å². The molecule has 1 heterocycles. The first-order valence-electron chi connectivity index (χ1n) is 12.1. The highest BCUT2D eigenvalue weighted by Gasteiger charge is 2.22. The Hall–Kier alpha value is -3.77. The highest BCUT2D eigenvalue weighted by Crippen LogP contribution is 2.42. The van der Waals surface area contributed by atoms with Crippen LogP contribution in [0, 0.1) is 14.9 Å². The van der Waals surface area contributed by atoms with Crippen LogP contribution in [0.3, 0.4) is 0 Å². The molecule has 40 heavy (non-hydrogen) atoms. The van der Waals surface area contributed by atoms with Crippen LogP contribution in [-0.4, -0.2) is 13.3 Å². The van der Waals surface area contributed by atoms with Crippen LogP contribution < -0.4 is 9.47 Å². The van der Waals surface area contributed by atoms with Crippen molar-refractivity contribution < 1.29 is 13.9 Å². The number of furan rings is 1. The Bertz CT molecular complexity index is 1730. The molecular weight excluding hydrogens is 658 g/mol. The number of nitriles is 1. The Morgan fingerprint density at radius 2 is 1.65 bits per heavy atom. The molecule has 0 N–H and O–H groups in total. The van der Waals surface area contributed by atoms with E-state index < -0.39 is 0 Å². The van der Waals surface area contributed by atoms with Crippen molar-refractivity contribution in [3.8, 4) is 40.0 Å². The third kappa shape index (κ3) is 6.02. The van der Waals surface area contributed by atoms with Crippen molar-refractivity contribution in [3.63, 3.8) is 0 Å². The summed E-state index contributed by atoms with van der Waals surface area (Å²) in [6.45, 7) is 0.248. The highest BCUT2D eigenvalue weighted by molar-refractivity contribution is 14.1. The highest BCUT2D eigenvalue weighted by atomic mass is 127. The maximum atomic E-state index is 10.1. The van der Waals surface area contributed by atoms with Gasteiger partial charge in [-0.1, -0.05) is 89.9 Å². The van der Waals surface area contributed by atoms with E-state index in [1.165, 1.54) is 0 Å². The summed E-state index contributed by atoms with van der Waals surface area (Å²) in [6, 6.07) is 30.7. The van der Waals surface area contributed by atoms with Crippen LogP contribution in [0.25, 0.3) is 22.5 Å². The average molecular weight is 679 g/mol. The van der Waals surface area contributed by atoms with E-state index in [2.05, 4.69) is 33.7 Å². The molecule has 0 atom stereocenters. The van der Waals surface area contributed by atoms with Gasteiger partial charge < -0.3 is 13.9 Å². The van der Waals surface area contributed by atoms with E-state index in [0.29, 0.717) is 38.4 Å². The monoisotopic (exact) mass is 678 g/mol. The number of hydrogen-bond donors (Lipinski definition) is 0. The molecule has 1 aromatic heterocycles. The summed E-state index contributed by atoms with van der Waals surface area (Å²) in [4.78, 5) is 4.60. The number of rotatable bonds is 8. The summed E-state index contributed by atoms with van der Waals surface area (Å²) in [6.07, 6.45) is 1.65. The summed E-state index contributed by atoms with van der Waals surface area (Å²) < 4.78 is 18.7. The lowest BCUT2D eigenvalue weighted by atomic mass is 9.98. The molecule has 0 bridgehead atoms. The van der Waals surface area contributed by atoms with Gasteiger partial charge in [0, 0.05) is 33.0 Å². The maximum Gasteiger partial charge on any atom is 0.238 e. The van der Waals surface area contributed by atoms with E-state index >= 15 is 0 Å². The summed E-state index contributed by atoms with van der Waals surface area (Å²) >= 11 is 14.5. The van der Waals surface area contributed by atoms with Gasteiger partial charge in [0.05, 0.1) is 10.7 Å². The second kappa shape index (κ2) is 12.6. The minimum atomic E-state index is 0.229. The van der Waals surface area contributed by atoms with Gasteiger partial charge in [0.25, 0.3) is 0 Å². The fraction of sp³-hybridized carbons (Fsp3) is 0.0625. The molecule has 0 aliphatic heterocycles.